The van der Waals surface area contributed by atoms with Gasteiger partial charge >= 0.3 is 0 Å². The predicted octanol–water partition coefficient (Wildman–Crippen LogP) is 3.48. The van der Waals surface area contributed by atoms with E-state index in [1.807, 2.05) is 0 Å². The minimum Gasteiger partial charge on any atom is -0.353 e. The normalized spacial score (nSPS) is 21.9. The fourth-order valence-corrected chi connectivity index (χ4v) is 3.51. The van der Waals surface area contributed by atoms with Gasteiger partial charge in [-0.1, -0.05) is 49.1 Å². The molecule has 0 heterocycles. The third-order valence-corrected chi connectivity index (χ3v) is 4.90. The molecule has 3 rings (SSSR count). The number of aryl methyl sites for hydroxylation is 1. The van der Waals surface area contributed by atoms with Gasteiger partial charge < -0.3 is 5.32 Å². The minimum absolute atomic E-state index is 0.228. The van der Waals surface area contributed by atoms with Gasteiger partial charge in [-0.25, -0.2) is 0 Å². The van der Waals surface area contributed by atoms with Gasteiger partial charge in [0.05, 0.1) is 5.41 Å². The van der Waals surface area contributed by atoms with E-state index in [9.17, 15) is 4.79 Å². The van der Waals surface area contributed by atoms with Crippen molar-refractivity contribution >= 4 is 5.91 Å². The summed E-state index contributed by atoms with van der Waals surface area (Å²) >= 11 is 0. The van der Waals surface area contributed by atoms with E-state index < -0.39 is 0 Å². The Balaban J connectivity index is 1.80. The van der Waals surface area contributed by atoms with Crippen LogP contribution in [0.5, 0.6) is 0 Å². The Bertz CT molecular complexity index is 470. The van der Waals surface area contributed by atoms with Gasteiger partial charge in [0, 0.05) is 6.04 Å². The first kappa shape index (κ1) is 12.7. The molecule has 0 radical (unpaired) electrons. The van der Waals surface area contributed by atoms with Crippen LogP contribution in [-0.4, -0.2) is 11.9 Å². The Morgan fingerprint density at radius 1 is 1.21 bits per heavy atom. The van der Waals surface area contributed by atoms with Crippen LogP contribution >= 0.6 is 0 Å². The average molecular weight is 257 g/mol. The van der Waals surface area contributed by atoms with E-state index in [0.717, 1.165) is 25.7 Å². The molecule has 2 heteroatoms. The first-order valence-electron chi connectivity index (χ1n) is 7.59. The molecule has 2 aliphatic rings. The summed E-state index contributed by atoms with van der Waals surface area (Å²) < 4.78 is 0. The second-order valence-corrected chi connectivity index (χ2v) is 6.26. The summed E-state index contributed by atoms with van der Waals surface area (Å²) in [5.41, 5.74) is 2.24. The van der Waals surface area contributed by atoms with E-state index in [4.69, 9.17) is 0 Å². The molecule has 2 saturated carbocycles. The molecule has 2 aliphatic carbocycles. The maximum absolute atomic E-state index is 12.7. The van der Waals surface area contributed by atoms with Gasteiger partial charge in [-0.15, -0.1) is 0 Å². The van der Waals surface area contributed by atoms with Gasteiger partial charge in [-0.05, 0) is 38.2 Å². The van der Waals surface area contributed by atoms with Crippen molar-refractivity contribution in [2.75, 3.05) is 0 Å². The van der Waals surface area contributed by atoms with E-state index in [1.54, 1.807) is 0 Å². The molecule has 0 atom stereocenters. The predicted molar refractivity (Wildman–Crippen MR) is 77.1 cm³/mol. The van der Waals surface area contributed by atoms with Crippen LogP contribution in [0.1, 0.15) is 56.1 Å². The molecule has 1 amide bonds. The Kier molecular flexibility index (Phi) is 3.34. The summed E-state index contributed by atoms with van der Waals surface area (Å²) in [6.07, 6.45) is 8.05. The van der Waals surface area contributed by atoms with Crippen molar-refractivity contribution in [2.45, 2.75) is 63.3 Å². The number of benzene rings is 1. The number of amides is 1. The summed E-state index contributed by atoms with van der Waals surface area (Å²) in [4.78, 5) is 12.7. The summed E-state index contributed by atoms with van der Waals surface area (Å²) in [7, 11) is 0. The highest BCUT2D eigenvalue weighted by molar-refractivity contribution is 5.89. The molecular formula is C17H23NO. The zero-order chi connectivity index (χ0) is 13.3. The molecule has 102 valence electrons. The molecule has 1 aromatic carbocycles. The molecule has 1 N–H and O–H groups in total. The molecule has 0 aromatic heterocycles. The molecule has 2 nitrogen and oxygen atoms in total. The number of hydrogen-bond donors (Lipinski definition) is 1. The monoisotopic (exact) mass is 257 g/mol. The van der Waals surface area contributed by atoms with Crippen molar-refractivity contribution in [2.24, 2.45) is 0 Å². The van der Waals surface area contributed by atoms with Crippen LogP contribution in [0, 0.1) is 6.92 Å². The first-order chi connectivity index (χ1) is 9.21. The van der Waals surface area contributed by atoms with E-state index >= 15 is 0 Å². The van der Waals surface area contributed by atoms with Gasteiger partial charge in [0.15, 0.2) is 0 Å². The van der Waals surface area contributed by atoms with Crippen LogP contribution in [0.15, 0.2) is 24.3 Å². The van der Waals surface area contributed by atoms with Gasteiger partial charge in [0.2, 0.25) is 5.91 Å². The molecule has 0 aliphatic heterocycles. The number of nitrogens with one attached hydrogen (secondary N) is 1. The fourth-order valence-electron chi connectivity index (χ4n) is 3.51. The fraction of sp³-hybridized carbons (Fsp3) is 0.588. The van der Waals surface area contributed by atoms with Crippen LogP contribution in [-0.2, 0) is 10.2 Å². The molecule has 0 saturated heterocycles. The van der Waals surface area contributed by atoms with Crippen LogP contribution in [0.2, 0.25) is 0 Å². The molecular weight excluding hydrogens is 234 g/mol. The van der Waals surface area contributed by atoms with Crippen LogP contribution in [0.4, 0.5) is 0 Å². The summed E-state index contributed by atoms with van der Waals surface area (Å²) in [5.74, 6) is 0.274. The van der Waals surface area contributed by atoms with Crippen molar-refractivity contribution in [3.8, 4) is 0 Å². The van der Waals surface area contributed by atoms with Crippen LogP contribution in [0.3, 0.4) is 0 Å². The van der Waals surface area contributed by atoms with Crippen molar-refractivity contribution in [3.05, 3.63) is 35.4 Å². The molecule has 0 spiro atoms. The topological polar surface area (TPSA) is 29.1 Å². The lowest BCUT2D eigenvalue weighted by molar-refractivity contribution is -0.130. The molecule has 2 fully saturated rings. The number of carbonyl (C=O) groups is 1. The standard InChI is InChI=1S/C17H23NO/c1-13-6-4-7-14(12-13)17(10-5-11-17)16(19)18-15-8-2-3-9-15/h4,6-7,12,15H,2-3,5,8-11H2,1H3,(H,18,19). The van der Waals surface area contributed by atoms with Gasteiger partial charge in [-0.2, -0.15) is 0 Å². The van der Waals surface area contributed by atoms with Crippen molar-refractivity contribution in [3.63, 3.8) is 0 Å². The van der Waals surface area contributed by atoms with Gasteiger partial charge in [0.25, 0.3) is 0 Å². The third kappa shape index (κ3) is 2.29. The Hall–Kier alpha value is -1.31. The van der Waals surface area contributed by atoms with Crippen LogP contribution in [0.25, 0.3) is 0 Å². The quantitative estimate of drug-likeness (QED) is 0.882. The third-order valence-electron chi connectivity index (χ3n) is 4.90. The zero-order valence-corrected chi connectivity index (χ0v) is 11.7. The molecule has 0 unspecified atom stereocenters. The number of carbonyl (C=O) groups excluding carboxylic acids is 1. The van der Waals surface area contributed by atoms with Crippen molar-refractivity contribution in [1.82, 2.24) is 5.32 Å². The van der Waals surface area contributed by atoms with E-state index in [1.165, 1.54) is 30.4 Å². The van der Waals surface area contributed by atoms with Gasteiger partial charge in [0.1, 0.15) is 0 Å². The molecule has 0 bridgehead atoms. The second-order valence-electron chi connectivity index (χ2n) is 6.26. The number of rotatable bonds is 3. The van der Waals surface area contributed by atoms with E-state index in [2.05, 4.69) is 36.5 Å². The lowest BCUT2D eigenvalue weighted by Gasteiger charge is -2.41. The van der Waals surface area contributed by atoms with Crippen molar-refractivity contribution in [1.29, 1.82) is 0 Å². The SMILES string of the molecule is Cc1cccc(C2(C(=O)NC3CCCC3)CCC2)c1. The van der Waals surface area contributed by atoms with E-state index in [0.29, 0.717) is 6.04 Å². The van der Waals surface area contributed by atoms with Crippen LogP contribution < -0.4 is 5.32 Å². The summed E-state index contributed by atoms with van der Waals surface area (Å²) in [6.45, 7) is 2.10. The highest BCUT2D eigenvalue weighted by Gasteiger charge is 2.46. The minimum atomic E-state index is -0.228. The molecule has 19 heavy (non-hydrogen) atoms. The largest absolute Gasteiger partial charge is 0.353 e. The number of hydrogen-bond acceptors (Lipinski definition) is 1. The highest BCUT2D eigenvalue weighted by atomic mass is 16.2. The second kappa shape index (κ2) is 4.99. The molecule has 1 aromatic rings. The lowest BCUT2D eigenvalue weighted by Crippen LogP contribution is -2.51. The average Bonchev–Trinajstić information content (AvgIpc) is 2.80. The zero-order valence-electron chi connectivity index (χ0n) is 11.7. The van der Waals surface area contributed by atoms with Crippen molar-refractivity contribution < 1.29 is 4.79 Å². The summed E-state index contributed by atoms with van der Waals surface area (Å²) in [6, 6.07) is 8.92. The smallest absolute Gasteiger partial charge is 0.230 e. The first-order valence-corrected chi connectivity index (χ1v) is 7.59. The Morgan fingerprint density at radius 3 is 2.53 bits per heavy atom. The maximum Gasteiger partial charge on any atom is 0.230 e. The Labute approximate surface area is 115 Å². The maximum atomic E-state index is 12.7. The Morgan fingerprint density at radius 2 is 1.95 bits per heavy atom. The van der Waals surface area contributed by atoms with Gasteiger partial charge in [-0.3, -0.25) is 4.79 Å². The summed E-state index contributed by atoms with van der Waals surface area (Å²) in [5, 5.41) is 3.30. The lowest BCUT2D eigenvalue weighted by atomic mass is 9.63. The van der Waals surface area contributed by atoms with E-state index in [-0.39, 0.29) is 11.3 Å². The highest BCUT2D eigenvalue weighted by Crippen LogP contribution is 2.44.